The lowest BCUT2D eigenvalue weighted by molar-refractivity contribution is 0.0918. The zero-order valence-corrected chi connectivity index (χ0v) is 14.2. The third kappa shape index (κ3) is 3.05. The first-order chi connectivity index (χ1) is 9.08. The van der Waals surface area contributed by atoms with Crippen molar-refractivity contribution < 1.29 is 0 Å². The maximum Gasteiger partial charge on any atom is 0.0767 e. The van der Waals surface area contributed by atoms with Crippen molar-refractivity contribution in [2.45, 2.75) is 78.6 Å². The number of aromatic nitrogens is 2. The van der Waals surface area contributed by atoms with E-state index in [0.717, 1.165) is 19.5 Å². The maximum atomic E-state index is 4.71. The van der Waals surface area contributed by atoms with Gasteiger partial charge in [-0.05, 0) is 56.0 Å². The van der Waals surface area contributed by atoms with Crippen LogP contribution < -0.4 is 0 Å². The molecule has 108 valence electrons. The van der Waals surface area contributed by atoms with Crippen LogP contribution in [-0.4, -0.2) is 26.8 Å². The van der Waals surface area contributed by atoms with Gasteiger partial charge in [0, 0.05) is 25.2 Å². The summed E-state index contributed by atoms with van der Waals surface area (Å²) in [6.45, 7) is 11.0. The maximum absolute atomic E-state index is 4.71. The van der Waals surface area contributed by atoms with Crippen molar-refractivity contribution in [2.75, 3.05) is 0 Å². The monoisotopic (exact) mass is 327 g/mol. The number of hydrogen-bond acceptors (Lipinski definition) is 2. The van der Waals surface area contributed by atoms with Crippen molar-refractivity contribution in [1.29, 1.82) is 0 Å². The summed E-state index contributed by atoms with van der Waals surface area (Å²) in [6.07, 6.45) is 5.00. The van der Waals surface area contributed by atoms with Crippen LogP contribution >= 0.6 is 15.9 Å². The smallest absolute Gasteiger partial charge is 0.0767 e. The topological polar surface area (TPSA) is 21.1 Å². The standard InChI is InChI=1S/C15H26BrN3/c1-5-13-15(16)14(19(6-2)17-13)10-18-11(3)8-7-9-12(18)4/h11-12H,5-10H2,1-4H3/t11-,12+. The van der Waals surface area contributed by atoms with Gasteiger partial charge in [-0.25, -0.2) is 0 Å². The number of nitrogens with zero attached hydrogens (tertiary/aromatic N) is 3. The van der Waals surface area contributed by atoms with E-state index in [0.29, 0.717) is 12.1 Å². The molecule has 0 aliphatic carbocycles. The van der Waals surface area contributed by atoms with Crippen LogP contribution in [0, 0.1) is 0 Å². The predicted octanol–water partition coefficient (Wildman–Crippen LogP) is 3.99. The van der Waals surface area contributed by atoms with Crippen LogP contribution in [0.1, 0.15) is 58.3 Å². The molecule has 0 radical (unpaired) electrons. The Morgan fingerprint density at radius 3 is 2.37 bits per heavy atom. The summed E-state index contributed by atoms with van der Waals surface area (Å²) in [5, 5.41) is 4.71. The van der Waals surface area contributed by atoms with Crippen molar-refractivity contribution >= 4 is 15.9 Å². The molecule has 0 unspecified atom stereocenters. The molecule has 1 aliphatic heterocycles. The third-order valence-electron chi connectivity index (χ3n) is 4.40. The highest BCUT2D eigenvalue weighted by atomic mass is 79.9. The summed E-state index contributed by atoms with van der Waals surface area (Å²) in [5.74, 6) is 0. The Hall–Kier alpha value is -0.350. The lowest BCUT2D eigenvalue weighted by atomic mass is 9.97. The number of halogens is 1. The number of likely N-dealkylation sites (tertiary alicyclic amines) is 1. The Morgan fingerprint density at radius 1 is 1.21 bits per heavy atom. The van der Waals surface area contributed by atoms with Gasteiger partial charge in [0.25, 0.3) is 0 Å². The molecular formula is C15H26BrN3. The van der Waals surface area contributed by atoms with Crippen LogP contribution in [0.4, 0.5) is 0 Å². The fourth-order valence-corrected chi connectivity index (χ4v) is 3.82. The highest BCUT2D eigenvalue weighted by molar-refractivity contribution is 9.10. The average Bonchev–Trinajstić information content (AvgIpc) is 2.70. The minimum absolute atomic E-state index is 0.681. The molecule has 0 amide bonds. The van der Waals surface area contributed by atoms with Gasteiger partial charge < -0.3 is 0 Å². The first-order valence-corrected chi connectivity index (χ1v) is 8.37. The van der Waals surface area contributed by atoms with Gasteiger partial charge in [-0.15, -0.1) is 0 Å². The lowest BCUT2D eigenvalue weighted by Gasteiger charge is -2.39. The molecule has 1 aliphatic rings. The Morgan fingerprint density at radius 2 is 1.84 bits per heavy atom. The molecular weight excluding hydrogens is 302 g/mol. The molecule has 1 fully saturated rings. The largest absolute Gasteiger partial charge is 0.292 e. The van der Waals surface area contributed by atoms with E-state index in [1.165, 1.54) is 35.1 Å². The molecule has 3 nitrogen and oxygen atoms in total. The van der Waals surface area contributed by atoms with Gasteiger partial charge in [-0.1, -0.05) is 13.3 Å². The predicted molar refractivity (Wildman–Crippen MR) is 83.3 cm³/mol. The van der Waals surface area contributed by atoms with E-state index in [4.69, 9.17) is 5.10 Å². The average molecular weight is 328 g/mol. The van der Waals surface area contributed by atoms with E-state index in [1.54, 1.807) is 0 Å². The SMILES string of the molecule is CCc1nn(CC)c(CN2[C@H](C)CCC[C@@H]2C)c1Br. The minimum atomic E-state index is 0.681. The first kappa shape index (κ1) is 15.0. The first-order valence-electron chi connectivity index (χ1n) is 7.58. The van der Waals surface area contributed by atoms with Gasteiger partial charge in [-0.3, -0.25) is 9.58 Å². The number of rotatable bonds is 4. The summed E-state index contributed by atoms with van der Waals surface area (Å²) >= 11 is 3.76. The highest BCUT2D eigenvalue weighted by Gasteiger charge is 2.27. The number of piperidine rings is 1. The highest BCUT2D eigenvalue weighted by Crippen LogP contribution is 2.29. The van der Waals surface area contributed by atoms with Gasteiger partial charge >= 0.3 is 0 Å². The Kier molecular flexibility index (Phi) is 5.07. The normalized spacial score (nSPS) is 24.9. The summed E-state index contributed by atoms with van der Waals surface area (Å²) < 4.78 is 3.39. The fourth-order valence-electron chi connectivity index (χ4n) is 3.13. The van der Waals surface area contributed by atoms with Crippen LogP contribution in [0.15, 0.2) is 4.47 Å². The fraction of sp³-hybridized carbons (Fsp3) is 0.800. The second-order valence-corrected chi connectivity index (χ2v) is 6.47. The lowest BCUT2D eigenvalue weighted by Crippen LogP contribution is -2.43. The molecule has 2 rings (SSSR count). The molecule has 0 bridgehead atoms. The molecule has 1 aromatic heterocycles. The van der Waals surface area contributed by atoms with E-state index in [1.807, 2.05) is 0 Å². The Labute approximate surface area is 125 Å². The molecule has 4 heteroatoms. The molecule has 2 atom stereocenters. The van der Waals surface area contributed by atoms with Crippen LogP contribution in [0.3, 0.4) is 0 Å². The zero-order chi connectivity index (χ0) is 14.0. The Bertz CT molecular complexity index is 417. The minimum Gasteiger partial charge on any atom is -0.292 e. The van der Waals surface area contributed by atoms with Crippen molar-refractivity contribution in [3.8, 4) is 0 Å². The van der Waals surface area contributed by atoms with Gasteiger partial charge in [0.2, 0.25) is 0 Å². The van der Waals surface area contributed by atoms with E-state index in [-0.39, 0.29) is 0 Å². The van der Waals surface area contributed by atoms with Crippen molar-refractivity contribution in [3.63, 3.8) is 0 Å². The molecule has 0 saturated carbocycles. The van der Waals surface area contributed by atoms with Crippen LogP contribution in [0.2, 0.25) is 0 Å². The molecule has 19 heavy (non-hydrogen) atoms. The summed E-state index contributed by atoms with van der Waals surface area (Å²) in [6, 6.07) is 1.36. The molecule has 1 saturated heterocycles. The van der Waals surface area contributed by atoms with E-state index >= 15 is 0 Å². The Balaban J connectivity index is 2.24. The molecule has 0 N–H and O–H groups in total. The molecule has 0 spiro atoms. The second kappa shape index (κ2) is 6.40. The molecule has 2 heterocycles. The zero-order valence-electron chi connectivity index (χ0n) is 12.6. The van der Waals surface area contributed by atoms with Crippen LogP contribution in [0.25, 0.3) is 0 Å². The quantitative estimate of drug-likeness (QED) is 0.833. The van der Waals surface area contributed by atoms with Crippen LogP contribution in [-0.2, 0) is 19.5 Å². The van der Waals surface area contributed by atoms with Crippen molar-refractivity contribution in [1.82, 2.24) is 14.7 Å². The van der Waals surface area contributed by atoms with Gasteiger partial charge in [0.05, 0.1) is 15.9 Å². The number of aryl methyl sites for hydroxylation is 2. The summed E-state index contributed by atoms with van der Waals surface area (Å²) in [4.78, 5) is 2.64. The summed E-state index contributed by atoms with van der Waals surface area (Å²) in [5.41, 5.74) is 2.54. The van der Waals surface area contributed by atoms with Gasteiger partial charge in [-0.2, -0.15) is 5.10 Å². The van der Waals surface area contributed by atoms with Gasteiger partial charge in [0.15, 0.2) is 0 Å². The van der Waals surface area contributed by atoms with E-state index in [2.05, 4.69) is 53.2 Å². The summed E-state index contributed by atoms with van der Waals surface area (Å²) in [7, 11) is 0. The van der Waals surface area contributed by atoms with E-state index < -0.39 is 0 Å². The second-order valence-electron chi connectivity index (χ2n) is 5.68. The van der Waals surface area contributed by atoms with Crippen molar-refractivity contribution in [3.05, 3.63) is 15.9 Å². The van der Waals surface area contributed by atoms with E-state index in [9.17, 15) is 0 Å². The third-order valence-corrected chi connectivity index (χ3v) is 5.32. The number of hydrogen-bond donors (Lipinski definition) is 0. The van der Waals surface area contributed by atoms with Gasteiger partial charge in [0.1, 0.15) is 0 Å². The molecule has 0 aromatic carbocycles. The molecule has 1 aromatic rings. The van der Waals surface area contributed by atoms with Crippen molar-refractivity contribution in [2.24, 2.45) is 0 Å². The van der Waals surface area contributed by atoms with Crippen LogP contribution in [0.5, 0.6) is 0 Å².